The molecule has 0 saturated heterocycles. The number of anilines is 1. The van der Waals surface area contributed by atoms with Crippen LogP contribution >= 0.6 is 0 Å². The normalized spacial score (nSPS) is 10.5. The van der Waals surface area contributed by atoms with E-state index in [1.807, 2.05) is 19.9 Å². The minimum absolute atomic E-state index is 0.0290. The lowest BCUT2D eigenvalue weighted by Crippen LogP contribution is -2.39. The van der Waals surface area contributed by atoms with Crippen molar-refractivity contribution in [3.05, 3.63) is 23.9 Å². The van der Waals surface area contributed by atoms with Gasteiger partial charge in [-0.25, -0.2) is 4.98 Å². The molecule has 0 saturated carbocycles. The number of carbonyl (C=O) groups is 1. The highest BCUT2D eigenvalue weighted by molar-refractivity contribution is 5.82. The second-order valence-corrected chi connectivity index (χ2v) is 4.36. The molecule has 0 fully saturated rings. The molecule has 1 aromatic rings. The first-order valence-electron chi connectivity index (χ1n) is 5.32. The van der Waals surface area contributed by atoms with Crippen LogP contribution in [-0.4, -0.2) is 24.5 Å². The predicted octanol–water partition coefficient (Wildman–Crippen LogP) is 1.14. The summed E-state index contributed by atoms with van der Waals surface area (Å²) in [4.78, 5) is 15.6. The van der Waals surface area contributed by atoms with E-state index < -0.39 is 5.41 Å². The van der Waals surface area contributed by atoms with Crippen molar-refractivity contribution in [3.8, 4) is 6.07 Å². The molecule has 0 radical (unpaired) electrons. The zero-order valence-corrected chi connectivity index (χ0v) is 10.2. The fourth-order valence-electron chi connectivity index (χ4n) is 1.29. The van der Waals surface area contributed by atoms with Crippen LogP contribution in [0.5, 0.6) is 0 Å². The van der Waals surface area contributed by atoms with Crippen molar-refractivity contribution in [1.82, 2.24) is 10.3 Å². The van der Waals surface area contributed by atoms with Crippen molar-refractivity contribution in [2.45, 2.75) is 13.8 Å². The highest BCUT2D eigenvalue weighted by Gasteiger charge is 2.26. The molecule has 17 heavy (non-hydrogen) atoms. The number of aromatic nitrogens is 1. The first-order chi connectivity index (χ1) is 7.99. The number of carbonyl (C=O) groups excluding carboxylic acids is 1. The molecule has 0 aliphatic rings. The van der Waals surface area contributed by atoms with Crippen LogP contribution in [0.3, 0.4) is 0 Å². The molecule has 0 spiro atoms. The maximum absolute atomic E-state index is 11.5. The summed E-state index contributed by atoms with van der Waals surface area (Å²) >= 11 is 0. The number of nitrogens with one attached hydrogen (secondary N) is 2. The summed E-state index contributed by atoms with van der Waals surface area (Å²) in [6.45, 7) is 4.18. The number of amides is 1. The highest BCUT2D eigenvalue weighted by atomic mass is 16.2. The molecule has 0 aliphatic heterocycles. The summed E-state index contributed by atoms with van der Waals surface area (Å²) in [6, 6.07) is 5.40. The molecule has 0 unspecified atom stereocenters. The number of hydrogen-bond donors (Lipinski definition) is 2. The summed E-state index contributed by atoms with van der Waals surface area (Å²) in [5.41, 5.74) is 0.00532. The van der Waals surface area contributed by atoms with E-state index in [2.05, 4.69) is 15.6 Å². The van der Waals surface area contributed by atoms with Crippen molar-refractivity contribution >= 4 is 11.7 Å². The van der Waals surface area contributed by atoms with E-state index in [4.69, 9.17) is 5.26 Å². The minimum Gasteiger partial charge on any atom is -0.369 e. The quantitative estimate of drug-likeness (QED) is 0.816. The van der Waals surface area contributed by atoms with Crippen LogP contribution in [0.15, 0.2) is 18.3 Å². The van der Waals surface area contributed by atoms with Crippen LogP contribution in [0.2, 0.25) is 0 Å². The Labute approximate surface area is 101 Å². The van der Waals surface area contributed by atoms with E-state index in [0.29, 0.717) is 17.9 Å². The van der Waals surface area contributed by atoms with E-state index in [-0.39, 0.29) is 5.91 Å². The van der Waals surface area contributed by atoms with Gasteiger partial charge in [0.2, 0.25) is 5.91 Å². The van der Waals surface area contributed by atoms with Crippen LogP contribution < -0.4 is 10.6 Å². The lowest BCUT2D eigenvalue weighted by Gasteiger charge is -2.23. The molecule has 0 bridgehead atoms. The Balaban J connectivity index is 2.61. The first-order valence-corrected chi connectivity index (χ1v) is 5.32. The van der Waals surface area contributed by atoms with Gasteiger partial charge < -0.3 is 10.6 Å². The van der Waals surface area contributed by atoms with Gasteiger partial charge in [0.1, 0.15) is 11.9 Å². The summed E-state index contributed by atoms with van der Waals surface area (Å²) < 4.78 is 0. The Morgan fingerprint density at radius 2 is 2.24 bits per heavy atom. The number of nitrogens with zero attached hydrogens (tertiary/aromatic N) is 2. The van der Waals surface area contributed by atoms with Crippen LogP contribution in [0.4, 0.5) is 5.82 Å². The van der Waals surface area contributed by atoms with Crippen molar-refractivity contribution in [2.24, 2.45) is 5.41 Å². The summed E-state index contributed by atoms with van der Waals surface area (Å²) in [5.74, 6) is 0.625. The maximum atomic E-state index is 11.5. The summed E-state index contributed by atoms with van der Waals surface area (Å²) in [7, 11) is 1.62. The van der Waals surface area contributed by atoms with Gasteiger partial charge in [-0.2, -0.15) is 5.26 Å². The third kappa shape index (κ3) is 3.45. The molecule has 0 atom stereocenters. The van der Waals surface area contributed by atoms with E-state index in [1.165, 1.54) is 6.20 Å². The molecule has 90 valence electrons. The lowest BCUT2D eigenvalue weighted by atomic mass is 9.92. The third-order valence-electron chi connectivity index (χ3n) is 2.45. The van der Waals surface area contributed by atoms with Crippen LogP contribution in [-0.2, 0) is 4.79 Å². The monoisotopic (exact) mass is 232 g/mol. The Bertz CT molecular complexity index is 431. The molecule has 5 heteroatoms. The Hall–Kier alpha value is -2.09. The molecular weight excluding hydrogens is 216 g/mol. The van der Waals surface area contributed by atoms with E-state index in [9.17, 15) is 4.79 Å². The van der Waals surface area contributed by atoms with Gasteiger partial charge in [-0.1, -0.05) is 0 Å². The van der Waals surface area contributed by atoms with Gasteiger partial charge in [-0.15, -0.1) is 0 Å². The molecule has 1 amide bonds. The van der Waals surface area contributed by atoms with Gasteiger partial charge in [0.25, 0.3) is 0 Å². The fraction of sp³-hybridized carbons (Fsp3) is 0.417. The van der Waals surface area contributed by atoms with Gasteiger partial charge >= 0.3 is 0 Å². The topological polar surface area (TPSA) is 77.8 Å². The lowest BCUT2D eigenvalue weighted by molar-refractivity contribution is -0.128. The zero-order valence-electron chi connectivity index (χ0n) is 10.2. The molecule has 1 rings (SSSR count). The number of hydrogen-bond acceptors (Lipinski definition) is 4. The smallest absolute Gasteiger partial charge is 0.227 e. The second kappa shape index (κ2) is 5.30. The van der Waals surface area contributed by atoms with Crippen LogP contribution in [0.1, 0.15) is 19.4 Å². The molecule has 1 aromatic heterocycles. The molecular formula is C12H16N4O. The number of rotatable bonds is 4. The average molecular weight is 232 g/mol. The zero-order chi connectivity index (χ0) is 12.9. The van der Waals surface area contributed by atoms with E-state index >= 15 is 0 Å². The Kier molecular flexibility index (Phi) is 4.05. The second-order valence-electron chi connectivity index (χ2n) is 4.36. The SMILES string of the molecule is CNC(=O)C(C)(C)CNc1ccc(C#N)cn1. The van der Waals surface area contributed by atoms with Crippen LogP contribution in [0, 0.1) is 16.7 Å². The number of pyridine rings is 1. The minimum atomic E-state index is -0.510. The van der Waals surface area contributed by atoms with Crippen molar-refractivity contribution in [3.63, 3.8) is 0 Å². The third-order valence-corrected chi connectivity index (χ3v) is 2.45. The highest BCUT2D eigenvalue weighted by Crippen LogP contribution is 2.16. The van der Waals surface area contributed by atoms with Crippen LogP contribution in [0.25, 0.3) is 0 Å². The van der Waals surface area contributed by atoms with Gasteiger partial charge in [0.15, 0.2) is 0 Å². The number of nitriles is 1. The van der Waals surface area contributed by atoms with E-state index in [0.717, 1.165) is 0 Å². The average Bonchev–Trinajstić information content (AvgIpc) is 2.36. The summed E-state index contributed by atoms with van der Waals surface area (Å²) in [5, 5.41) is 14.3. The molecule has 0 aromatic carbocycles. The van der Waals surface area contributed by atoms with Crippen molar-refractivity contribution in [2.75, 3.05) is 18.9 Å². The van der Waals surface area contributed by atoms with Gasteiger partial charge in [-0.05, 0) is 26.0 Å². The Morgan fingerprint density at radius 1 is 1.53 bits per heavy atom. The van der Waals surface area contributed by atoms with Gasteiger partial charge in [-0.3, -0.25) is 4.79 Å². The molecule has 0 aliphatic carbocycles. The largest absolute Gasteiger partial charge is 0.369 e. The molecule has 1 heterocycles. The van der Waals surface area contributed by atoms with E-state index in [1.54, 1.807) is 19.2 Å². The standard InChI is InChI=1S/C12H16N4O/c1-12(2,11(17)14-3)8-16-10-5-4-9(6-13)7-15-10/h4-5,7H,8H2,1-3H3,(H,14,17)(H,15,16). The first kappa shape index (κ1) is 13.0. The van der Waals surface area contributed by atoms with Gasteiger partial charge in [0.05, 0.1) is 11.0 Å². The molecule has 2 N–H and O–H groups in total. The van der Waals surface area contributed by atoms with Gasteiger partial charge in [0, 0.05) is 19.8 Å². The Morgan fingerprint density at radius 3 is 2.71 bits per heavy atom. The van der Waals surface area contributed by atoms with Crippen molar-refractivity contribution < 1.29 is 4.79 Å². The maximum Gasteiger partial charge on any atom is 0.227 e. The summed E-state index contributed by atoms with van der Waals surface area (Å²) in [6.07, 6.45) is 1.50. The predicted molar refractivity (Wildman–Crippen MR) is 65.3 cm³/mol. The molecule has 5 nitrogen and oxygen atoms in total. The van der Waals surface area contributed by atoms with Crippen molar-refractivity contribution in [1.29, 1.82) is 5.26 Å². The fourth-order valence-corrected chi connectivity index (χ4v) is 1.29.